The second-order valence-corrected chi connectivity index (χ2v) is 8.69. The zero-order valence-electron chi connectivity index (χ0n) is 17.4. The number of halogens is 2. The molecule has 0 spiro atoms. The van der Waals surface area contributed by atoms with Crippen molar-refractivity contribution in [3.8, 4) is 5.75 Å². The summed E-state index contributed by atoms with van der Waals surface area (Å²) in [6.07, 6.45) is 7.99. The van der Waals surface area contributed by atoms with E-state index in [1.54, 1.807) is 24.4 Å². The van der Waals surface area contributed by atoms with Gasteiger partial charge in [-0.15, -0.1) is 0 Å². The molecule has 3 aromatic rings. The normalized spacial score (nSPS) is 14.8. The topological polar surface area (TPSA) is 51.5 Å². The molecule has 1 heterocycles. The lowest BCUT2D eigenvalue weighted by Gasteiger charge is -2.23. The van der Waals surface area contributed by atoms with Crippen molar-refractivity contribution >= 4 is 22.5 Å². The lowest BCUT2D eigenvalue weighted by Crippen LogP contribution is -2.16. The highest BCUT2D eigenvalue weighted by Crippen LogP contribution is 2.31. The highest BCUT2D eigenvalue weighted by molar-refractivity contribution is 6.30. The van der Waals surface area contributed by atoms with Crippen molar-refractivity contribution < 1.29 is 14.2 Å². The minimum Gasteiger partial charge on any atom is -0.493 e. The Morgan fingerprint density at radius 2 is 1.94 bits per heavy atom. The van der Waals surface area contributed by atoms with Crippen LogP contribution >= 0.6 is 11.6 Å². The number of aliphatic hydroxyl groups is 1. The summed E-state index contributed by atoms with van der Waals surface area (Å²) in [6.45, 7) is 0.945. The van der Waals surface area contributed by atoms with E-state index in [0.717, 1.165) is 18.4 Å². The van der Waals surface area contributed by atoms with Gasteiger partial charge in [0.1, 0.15) is 11.6 Å². The zero-order valence-corrected chi connectivity index (χ0v) is 18.2. The molecule has 6 heteroatoms. The van der Waals surface area contributed by atoms with Crippen LogP contribution in [0.5, 0.6) is 5.75 Å². The number of aromatic nitrogens is 1. The second-order valence-electron chi connectivity index (χ2n) is 8.28. The van der Waals surface area contributed by atoms with E-state index in [9.17, 15) is 14.3 Å². The first-order valence-electron chi connectivity index (χ1n) is 10.9. The molecular formula is C25H27ClFNO3. The Bertz CT molecular complexity index is 1120. The van der Waals surface area contributed by atoms with Crippen LogP contribution in [0, 0.1) is 11.7 Å². The van der Waals surface area contributed by atoms with Crippen molar-refractivity contribution in [3.05, 3.63) is 74.8 Å². The van der Waals surface area contributed by atoms with Gasteiger partial charge in [0, 0.05) is 36.7 Å². The van der Waals surface area contributed by atoms with Crippen LogP contribution in [0.15, 0.2) is 47.4 Å². The van der Waals surface area contributed by atoms with Gasteiger partial charge in [-0.25, -0.2) is 4.39 Å². The summed E-state index contributed by atoms with van der Waals surface area (Å²) >= 11 is 5.98. The zero-order chi connectivity index (χ0) is 21.8. The van der Waals surface area contributed by atoms with Crippen molar-refractivity contribution in [2.24, 2.45) is 5.92 Å². The molecule has 1 N–H and O–H groups in total. The molecule has 164 valence electrons. The Morgan fingerprint density at radius 1 is 1.13 bits per heavy atom. The van der Waals surface area contributed by atoms with E-state index in [4.69, 9.17) is 16.3 Å². The minimum absolute atomic E-state index is 0.0360. The summed E-state index contributed by atoms with van der Waals surface area (Å²) in [4.78, 5) is 12.6. The van der Waals surface area contributed by atoms with E-state index >= 15 is 0 Å². The third-order valence-electron chi connectivity index (χ3n) is 6.11. The summed E-state index contributed by atoms with van der Waals surface area (Å²) < 4.78 is 22.7. The van der Waals surface area contributed by atoms with Gasteiger partial charge in [0.15, 0.2) is 5.43 Å². The molecule has 0 aliphatic heterocycles. The third kappa shape index (κ3) is 4.94. The van der Waals surface area contributed by atoms with Gasteiger partial charge in [-0.1, -0.05) is 43.0 Å². The first-order valence-corrected chi connectivity index (χ1v) is 11.3. The molecule has 2 aromatic carbocycles. The van der Waals surface area contributed by atoms with E-state index in [-0.39, 0.29) is 23.5 Å². The molecule has 0 bridgehead atoms. The summed E-state index contributed by atoms with van der Waals surface area (Å²) in [5, 5.41) is 10.0. The van der Waals surface area contributed by atoms with Gasteiger partial charge in [-0.3, -0.25) is 4.79 Å². The standard InChI is InChI=1S/C25H27ClFNO3/c26-21-8-4-7-18(25(21)27)13-19-14-20-22(28(11-12-29)10-9-23(20)30)15-24(19)31-16-17-5-2-1-3-6-17/h4,7-10,14-15,17,29H,1-3,5-6,11-13,16H2. The van der Waals surface area contributed by atoms with Crippen molar-refractivity contribution in [3.63, 3.8) is 0 Å². The van der Waals surface area contributed by atoms with Gasteiger partial charge >= 0.3 is 0 Å². The average Bonchev–Trinajstić information content (AvgIpc) is 2.78. The van der Waals surface area contributed by atoms with E-state index in [2.05, 4.69) is 0 Å². The molecule has 0 amide bonds. The molecular weight excluding hydrogens is 417 g/mol. The number of ether oxygens (including phenoxy) is 1. The maximum absolute atomic E-state index is 14.6. The largest absolute Gasteiger partial charge is 0.493 e. The Morgan fingerprint density at radius 3 is 2.71 bits per heavy atom. The van der Waals surface area contributed by atoms with E-state index in [0.29, 0.717) is 41.3 Å². The Hall–Kier alpha value is -2.37. The van der Waals surface area contributed by atoms with Gasteiger partial charge in [-0.05, 0) is 42.0 Å². The predicted octanol–water partition coefficient (Wildman–Crippen LogP) is 5.34. The van der Waals surface area contributed by atoms with Crippen LogP contribution in [0.25, 0.3) is 10.9 Å². The molecule has 4 nitrogen and oxygen atoms in total. The van der Waals surface area contributed by atoms with Crippen LogP contribution in [0.2, 0.25) is 5.02 Å². The minimum atomic E-state index is -0.451. The molecule has 31 heavy (non-hydrogen) atoms. The number of aliphatic hydroxyl groups excluding tert-OH is 1. The van der Waals surface area contributed by atoms with Gasteiger partial charge in [-0.2, -0.15) is 0 Å². The van der Waals surface area contributed by atoms with Gasteiger partial charge in [0.05, 0.1) is 23.8 Å². The van der Waals surface area contributed by atoms with Crippen molar-refractivity contribution in [2.45, 2.75) is 45.1 Å². The summed E-state index contributed by atoms with van der Waals surface area (Å²) in [7, 11) is 0. The van der Waals surface area contributed by atoms with Crippen LogP contribution in [0.3, 0.4) is 0 Å². The average molecular weight is 444 g/mol. The molecule has 1 aromatic heterocycles. The van der Waals surface area contributed by atoms with Crippen molar-refractivity contribution in [1.29, 1.82) is 0 Å². The molecule has 1 fully saturated rings. The fourth-order valence-electron chi connectivity index (χ4n) is 4.40. The molecule has 0 atom stereocenters. The summed E-state index contributed by atoms with van der Waals surface area (Å²) in [6, 6.07) is 10.1. The fourth-order valence-corrected chi connectivity index (χ4v) is 4.60. The molecule has 1 aliphatic carbocycles. The molecule has 0 radical (unpaired) electrons. The van der Waals surface area contributed by atoms with Gasteiger partial charge in [0.25, 0.3) is 0 Å². The molecule has 0 unspecified atom stereocenters. The second kappa shape index (κ2) is 9.84. The van der Waals surface area contributed by atoms with Crippen LogP contribution in [-0.2, 0) is 13.0 Å². The van der Waals surface area contributed by atoms with E-state index in [1.165, 1.54) is 31.4 Å². The van der Waals surface area contributed by atoms with Gasteiger partial charge < -0.3 is 14.4 Å². The van der Waals surface area contributed by atoms with Crippen LogP contribution in [0.4, 0.5) is 4.39 Å². The van der Waals surface area contributed by atoms with Crippen molar-refractivity contribution in [1.82, 2.24) is 4.57 Å². The Labute approximate surface area is 186 Å². The van der Waals surface area contributed by atoms with E-state index < -0.39 is 5.82 Å². The quantitative estimate of drug-likeness (QED) is 0.536. The molecule has 1 saturated carbocycles. The SMILES string of the molecule is O=c1ccn(CCO)c2cc(OCC3CCCCC3)c(Cc3cccc(Cl)c3F)cc12. The Kier molecular flexibility index (Phi) is 6.93. The van der Waals surface area contributed by atoms with Crippen LogP contribution < -0.4 is 10.2 Å². The number of rotatable bonds is 7. The van der Waals surface area contributed by atoms with Crippen LogP contribution in [0.1, 0.15) is 43.2 Å². The third-order valence-corrected chi connectivity index (χ3v) is 6.40. The lowest BCUT2D eigenvalue weighted by molar-refractivity contribution is 0.207. The fraction of sp³-hybridized carbons (Fsp3) is 0.400. The number of nitrogens with zero attached hydrogens (tertiary/aromatic N) is 1. The summed E-state index contributed by atoms with van der Waals surface area (Å²) in [5.41, 5.74) is 1.80. The molecule has 1 aliphatic rings. The maximum atomic E-state index is 14.6. The number of hydrogen-bond acceptors (Lipinski definition) is 3. The predicted molar refractivity (Wildman–Crippen MR) is 122 cm³/mol. The van der Waals surface area contributed by atoms with E-state index in [1.807, 2.05) is 10.6 Å². The lowest BCUT2D eigenvalue weighted by atomic mass is 9.90. The van der Waals surface area contributed by atoms with Crippen molar-refractivity contribution in [2.75, 3.05) is 13.2 Å². The number of fused-ring (bicyclic) bond motifs is 1. The van der Waals surface area contributed by atoms with Gasteiger partial charge in [0.2, 0.25) is 0 Å². The first-order chi connectivity index (χ1) is 15.1. The maximum Gasteiger partial charge on any atom is 0.189 e. The number of hydrogen-bond donors (Lipinski definition) is 1. The monoisotopic (exact) mass is 443 g/mol. The number of pyridine rings is 1. The smallest absolute Gasteiger partial charge is 0.189 e. The highest BCUT2D eigenvalue weighted by Gasteiger charge is 2.18. The molecule has 0 saturated heterocycles. The number of benzene rings is 2. The molecule has 4 rings (SSSR count). The van der Waals surface area contributed by atoms with Crippen LogP contribution in [-0.4, -0.2) is 22.9 Å². The highest BCUT2D eigenvalue weighted by atomic mass is 35.5. The summed E-state index contributed by atoms with van der Waals surface area (Å²) in [5.74, 6) is 0.707. The Balaban J connectivity index is 1.76. The first kappa shape index (κ1) is 21.8.